The first-order valence-corrected chi connectivity index (χ1v) is 16.6. The minimum absolute atomic E-state index is 0.0925. The predicted molar refractivity (Wildman–Crippen MR) is 170 cm³/mol. The molecule has 0 spiro atoms. The molecule has 21 heteroatoms. The average Bonchev–Trinajstić information content (AvgIpc) is 3.28. The second-order valence-corrected chi connectivity index (χ2v) is 13.2. The molecule has 6 rings (SSSR count). The smallest absolute Gasteiger partial charge is 0.232 e. The summed E-state index contributed by atoms with van der Waals surface area (Å²) in [5, 5.41) is 125. The molecule has 54 heavy (non-hydrogen) atoms. The number of phenols is 3. The third kappa shape index (κ3) is 7.27. The van der Waals surface area contributed by atoms with Crippen molar-refractivity contribution < 1.29 is 105 Å². The van der Waals surface area contributed by atoms with Gasteiger partial charge in [-0.25, -0.2) is 0 Å². The van der Waals surface area contributed by atoms with Gasteiger partial charge in [0.2, 0.25) is 12.1 Å². The zero-order valence-corrected chi connectivity index (χ0v) is 28.3. The first-order chi connectivity index (χ1) is 25.5. The molecule has 0 aromatic heterocycles. The zero-order chi connectivity index (χ0) is 39.3. The Morgan fingerprint density at radius 1 is 0.667 bits per heavy atom. The monoisotopic (exact) mass is 772 g/mol. The first-order valence-electron chi connectivity index (χ1n) is 16.6. The van der Waals surface area contributed by atoms with Gasteiger partial charge in [-0.15, -0.1) is 0 Å². The minimum atomic E-state index is -1.92. The second-order valence-electron chi connectivity index (χ2n) is 13.2. The first kappa shape index (κ1) is 39.8. The van der Waals surface area contributed by atoms with Crippen LogP contribution in [0.1, 0.15) is 29.8 Å². The zero-order valence-electron chi connectivity index (χ0n) is 28.3. The summed E-state index contributed by atoms with van der Waals surface area (Å²) in [6, 6.07) is 5.14. The maximum Gasteiger partial charge on any atom is 0.232 e. The molecule has 4 aliphatic heterocycles. The van der Waals surface area contributed by atoms with Crippen molar-refractivity contribution in [1.82, 2.24) is 0 Å². The van der Waals surface area contributed by atoms with E-state index in [4.69, 9.17) is 38.5 Å². The Morgan fingerprint density at radius 3 is 2.04 bits per heavy atom. The SMILES string of the molecule is C[C@@H]1O[C@@H](OOc2cc(O)c3c(c2)OOC(c2ccc(O)c(O)c2)=C([C@H]2O[C@H](C)[C@@H](O)[C@H](O)[C@@H]2O)C3=O)[C@H](O)[C@H](O[C@@H]2O[C@H](CO)[C@@H](O)[C@H](O)[C@H]2O)[C@H]1O. The van der Waals surface area contributed by atoms with Gasteiger partial charge in [0, 0.05) is 17.7 Å². The van der Waals surface area contributed by atoms with E-state index in [0.29, 0.717) is 0 Å². The number of Topliss-reactive ketones (excluding diaryl/α,β-unsaturated/α-hetero) is 1. The molecule has 12 N–H and O–H groups in total. The summed E-state index contributed by atoms with van der Waals surface area (Å²) in [6.45, 7) is 1.96. The molecule has 298 valence electrons. The lowest BCUT2D eigenvalue weighted by Crippen LogP contribution is -2.64. The molecule has 2 aromatic carbocycles. The van der Waals surface area contributed by atoms with Gasteiger partial charge in [-0.3, -0.25) is 14.6 Å². The molecule has 0 amide bonds. The Balaban J connectivity index is 1.25. The van der Waals surface area contributed by atoms with Crippen molar-refractivity contribution in [2.45, 2.75) is 106 Å². The third-order valence-electron chi connectivity index (χ3n) is 9.52. The molecular weight excluding hydrogens is 732 g/mol. The highest BCUT2D eigenvalue weighted by molar-refractivity contribution is 6.16. The maximum atomic E-state index is 14.2. The number of benzene rings is 2. The van der Waals surface area contributed by atoms with E-state index in [1.165, 1.54) is 19.9 Å². The van der Waals surface area contributed by atoms with Gasteiger partial charge in [-0.05, 0) is 32.0 Å². The van der Waals surface area contributed by atoms with Gasteiger partial charge < -0.3 is 85.1 Å². The molecule has 0 radical (unpaired) electrons. The van der Waals surface area contributed by atoms with E-state index in [9.17, 15) is 66.1 Å². The van der Waals surface area contributed by atoms with Crippen molar-refractivity contribution in [2.75, 3.05) is 6.61 Å². The third-order valence-corrected chi connectivity index (χ3v) is 9.52. The van der Waals surface area contributed by atoms with Crippen molar-refractivity contribution in [2.24, 2.45) is 0 Å². The Morgan fingerprint density at radius 2 is 1.35 bits per heavy atom. The number of carbonyl (C=O) groups excluding carboxylic acids is 1. The number of aromatic hydroxyl groups is 3. The average molecular weight is 773 g/mol. The fourth-order valence-electron chi connectivity index (χ4n) is 6.38. The predicted octanol–water partition coefficient (Wildman–Crippen LogP) is -3.45. The molecular formula is C33H40O21. The van der Waals surface area contributed by atoms with Crippen LogP contribution < -0.4 is 9.78 Å². The van der Waals surface area contributed by atoms with E-state index in [0.717, 1.165) is 24.3 Å². The molecule has 4 aliphatic rings. The summed E-state index contributed by atoms with van der Waals surface area (Å²) in [4.78, 5) is 35.6. The quantitative estimate of drug-likeness (QED) is 0.0705. The number of carbonyl (C=O) groups is 1. The minimum Gasteiger partial charge on any atom is -0.507 e. The van der Waals surface area contributed by atoms with Crippen LogP contribution in [0.5, 0.6) is 28.7 Å². The lowest BCUT2D eigenvalue weighted by Gasteiger charge is -2.45. The molecule has 0 unspecified atom stereocenters. The fourth-order valence-corrected chi connectivity index (χ4v) is 6.38. The Hall–Kier alpha value is -3.91. The number of aliphatic hydroxyl groups is 9. The largest absolute Gasteiger partial charge is 0.507 e. The van der Waals surface area contributed by atoms with Gasteiger partial charge >= 0.3 is 0 Å². The maximum absolute atomic E-state index is 14.2. The van der Waals surface area contributed by atoms with Crippen LogP contribution in [0, 0.1) is 0 Å². The molecule has 0 aliphatic carbocycles. The van der Waals surface area contributed by atoms with Gasteiger partial charge in [0.25, 0.3) is 0 Å². The lowest BCUT2D eigenvalue weighted by atomic mass is 9.86. The number of aliphatic hydroxyl groups excluding tert-OH is 9. The number of phenolic OH excluding ortho intramolecular Hbond substituents is 3. The summed E-state index contributed by atoms with van der Waals surface area (Å²) >= 11 is 0. The van der Waals surface area contributed by atoms with Crippen molar-refractivity contribution in [3.63, 3.8) is 0 Å². The number of fused-ring (bicyclic) bond motifs is 1. The van der Waals surface area contributed by atoms with E-state index >= 15 is 0 Å². The number of rotatable bonds is 8. The van der Waals surface area contributed by atoms with E-state index < -0.39 is 150 Å². The van der Waals surface area contributed by atoms with Crippen LogP contribution in [0.15, 0.2) is 35.9 Å². The van der Waals surface area contributed by atoms with Crippen LogP contribution in [-0.4, -0.2) is 166 Å². The molecule has 3 saturated heterocycles. The van der Waals surface area contributed by atoms with E-state index in [-0.39, 0.29) is 5.56 Å². The van der Waals surface area contributed by atoms with Crippen molar-refractivity contribution >= 4 is 11.5 Å². The van der Waals surface area contributed by atoms with E-state index in [1.54, 1.807) is 0 Å². The standard InChI is InChI=1S/C33H40O21/c1-9-20(38)24(42)26(44)30(47-9)19-23(41)18-15(37)6-12(7-16(18)52-53-29(19)11-3-4-13(35)14(36)5-11)51-54-33-28(46)31(21(39)10(2)48-33)50-32-27(45)25(43)22(40)17(8-34)49-32/h3-7,9-10,17,20-22,24-28,30-40,42-46H,8H2,1-2H3/t9-,10+,17-,20-,21+,22-,24+,25+,26+,27-,28-,30-,31-,32+,33+/m1/s1. The molecule has 2 aromatic rings. The van der Waals surface area contributed by atoms with E-state index in [1.807, 2.05) is 0 Å². The number of ketones is 1. The Bertz CT molecular complexity index is 1720. The van der Waals surface area contributed by atoms with Gasteiger partial charge in [0.05, 0.1) is 24.4 Å². The van der Waals surface area contributed by atoms with Crippen molar-refractivity contribution in [3.05, 3.63) is 47.0 Å². The topological polar surface area (TPSA) is 334 Å². The van der Waals surface area contributed by atoms with Crippen LogP contribution in [0.3, 0.4) is 0 Å². The fraction of sp³-hybridized carbons (Fsp3) is 0.545. The molecule has 0 bridgehead atoms. The lowest BCUT2D eigenvalue weighted by molar-refractivity contribution is -0.401. The van der Waals surface area contributed by atoms with Gasteiger partial charge in [-0.1, -0.05) is 0 Å². The van der Waals surface area contributed by atoms with Gasteiger partial charge in [0.15, 0.2) is 35.0 Å². The Kier molecular flexibility index (Phi) is 11.5. The van der Waals surface area contributed by atoms with Crippen LogP contribution in [0.2, 0.25) is 0 Å². The number of ether oxygens (including phenoxy) is 4. The summed E-state index contributed by atoms with van der Waals surface area (Å²) < 4.78 is 22.1. The molecule has 3 fully saturated rings. The van der Waals surface area contributed by atoms with Crippen LogP contribution in [0.25, 0.3) is 5.76 Å². The molecule has 15 atom stereocenters. The van der Waals surface area contributed by atoms with Crippen LogP contribution >= 0.6 is 0 Å². The van der Waals surface area contributed by atoms with Crippen molar-refractivity contribution in [3.8, 4) is 28.7 Å². The van der Waals surface area contributed by atoms with Crippen LogP contribution in [-0.2, 0) is 28.7 Å². The van der Waals surface area contributed by atoms with Crippen LogP contribution in [0.4, 0.5) is 0 Å². The highest BCUT2D eigenvalue weighted by Crippen LogP contribution is 2.44. The highest BCUT2D eigenvalue weighted by atomic mass is 17.2. The number of hydrogen-bond donors (Lipinski definition) is 12. The van der Waals surface area contributed by atoms with Gasteiger partial charge in [0.1, 0.15) is 78.5 Å². The molecule has 21 nitrogen and oxygen atoms in total. The molecule has 0 saturated carbocycles. The summed E-state index contributed by atoms with van der Waals surface area (Å²) in [5.74, 6) is -4.45. The van der Waals surface area contributed by atoms with Crippen molar-refractivity contribution in [1.29, 1.82) is 0 Å². The van der Waals surface area contributed by atoms with Gasteiger partial charge in [-0.2, -0.15) is 4.89 Å². The second kappa shape index (κ2) is 15.7. The van der Waals surface area contributed by atoms with E-state index in [2.05, 4.69) is 0 Å². The number of hydrogen-bond acceptors (Lipinski definition) is 21. The Labute approximate surface area is 304 Å². The summed E-state index contributed by atoms with van der Waals surface area (Å²) in [5.41, 5.74) is -1.19. The summed E-state index contributed by atoms with van der Waals surface area (Å²) in [6.07, 6.45) is -24.6. The highest BCUT2D eigenvalue weighted by Gasteiger charge is 2.51. The normalized spacial score (nSPS) is 38.6. The molecule has 4 heterocycles. The summed E-state index contributed by atoms with van der Waals surface area (Å²) in [7, 11) is 0.